The number of halogens is 1. The molecule has 0 saturated heterocycles. The van der Waals surface area contributed by atoms with Crippen molar-refractivity contribution in [3.63, 3.8) is 0 Å². The van der Waals surface area contributed by atoms with E-state index in [0.29, 0.717) is 0 Å². The Kier molecular flexibility index (Phi) is 12.5. The molecule has 1 atom stereocenters. The largest absolute Gasteiger partial charge is 0.316 e. The van der Waals surface area contributed by atoms with Gasteiger partial charge in [0, 0.05) is 5.88 Å². The summed E-state index contributed by atoms with van der Waals surface area (Å²) in [6.07, 6.45) is 9.42. The second kappa shape index (κ2) is 12.3. The molecule has 0 aliphatic heterocycles. The molecule has 0 aliphatic rings. The second-order valence-electron chi connectivity index (χ2n) is 4.55. The van der Waals surface area contributed by atoms with Gasteiger partial charge in [-0.2, -0.15) is 0 Å². The van der Waals surface area contributed by atoms with E-state index in [1.54, 1.807) is 0 Å². The van der Waals surface area contributed by atoms with E-state index in [2.05, 4.69) is 19.2 Å². The molecule has 0 radical (unpaired) electrons. The van der Waals surface area contributed by atoms with Crippen LogP contribution in [0.5, 0.6) is 0 Å². The average Bonchev–Trinajstić information content (AvgIpc) is 2.22. The van der Waals surface area contributed by atoms with Crippen LogP contribution >= 0.6 is 11.6 Å². The van der Waals surface area contributed by atoms with E-state index >= 15 is 0 Å². The Balaban J connectivity index is 2.98. The van der Waals surface area contributed by atoms with Crippen molar-refractivity contribution in [1.29, 1.82) is 0 Å². The lowest BCUT2D eigenvalue weighted by molar-refractivity contribution is 0.488. The quantitative estimate of drug-likeness (QED) is 0.417. The lowest BCUT2D eigenvalue weighted by Gasteiger charge is -2.10. The molecular weight excluding hydrogens is 206 g/mol. The van der Waals surface area contributed by atoms with Crippen molar-refractivity contribution in [3.8, 4) is 0 Å². The molecule has 0 aromatic carbocycles. The Labute approximate surface area is 101 Å². The standard InChI is InChI=1S/C13H28ClN/c1-3-4-5-6-7-8-11-15-12-13(2)9-10-14/h13,15H,3-12H2,1-2H3. The Morgan fingerprint density at radius 3 is 2.40 bits per heavy atom. The number of alkyl halides is 1. The molecule has 0 aliphatic carbocycles. The van der Waals surface area contributed by atoms with Crippen LogP contribution in [0.1, 0.15) is 58.8 Å². The van der Waals surface area contributed by atoms with Crippen LogP contribution in [-0.4, -0.2) is 19.0 Å². The molecule has 0 rings (SSSR count). The van der Waals surface area contributed by atoms with Crippen molar-refractivity contribution >= 4 is 11.6 Å². The van der Waals surface area contributed by atoms with Gasteiger partial charge in [-0.05, 0) is 31.8 Å². The van der Waals surface area contributed by atoms with Crippen molar-refractivity contribution in [2.45, 2.75) is 58.8 Å². The number of unbranched alkanes of at least 4 members (excludes halogenated alkanes) is 5. The fraction of sp³-hybridized carbons (Fsp3) is 1.00. The van der Waals surface area contributed by atoms with Crippen molar-refractivity contribution in [2.75, 3.05) is 19.0 Å². The zero-order valence-corrected chi connectivity index (χ0v) is 11.3. The van der Waals surface area contributed by atoms with Gasteiger partial charge < -0.3 is 5.32 Å². The maximum atomic E-state index is 5.68. The first-order valence-electron chi connectivity index (χ1n) is 6.58. The van der Waals surface area contributed by atoms with Crippen LogP contribution in [0.2, 0.25) is 0 Å². The molecule has 1 N–H and O–H groups in total. The predicted octanol–water partition coefficient (Wildman–Crippen LogP) is 4.20. The fourth-order valence-corrected chi connectivity index (χ4v) is 2.04. The van der Waals surface area contributed by atoms with Crippen molar-refractivity contribution in [3.05, 3.63) is 0 Å². The molecule has 0 aromatic heterocycles. The van der Waals surface area contributed by atoms with E-state index in [0.717, 1.165) is 24.8 Å². The van der Waals surface area contributed by atoms with E-state index in [4.69, 9.17) is 11.6 Å². The first-order valence-corrected chi connectivity index (χ1v) is 7.11. The Hall–Kier alpha value is 0.250. The molecule has 0 amide bonds. The fourth-order valence-electron chi connectivity index (χ4n) is 1.67. The molecule has 0 saturated carbocycles. The number of rotatable bonds is 11. The van der Waals surface area contributed by atoms with E-state index < -0.39 is 0 Å². The van der Waals surface area contributed by atoms with Crippen molar-refractivity contribution in [1.82, 2.24) is 5.32 Å². The molecule has 1 unspecified atom stereocenters. The summed E-state index contributed by atoms with van der Waals surface area (Å²) >= 11 is 5.68. The van der Waals surface area contributed by atoms with Crippen molar-refractivity contribution < 1.29 is 0 Å². The van der Waals surface area contributed by atoms with Crippen molar-refractivity contribution in [2.24, 2.45) is 5.92 Å². The number of hydrogen-bond donors (Lipinski definition) is 1. The SMILES string of the molecule is CCCCCCCCNCC(C)CCCl. The molecule has 0 heterocycles. The lowest BCUT2D eigenvalue weighted by Crippen LogP contribution is -2.22. The topological polar surface area (TPSA) is 12.0 Å². The van der Waals surface area contributed by atoms with Gasteiger partial charge in [0.05, 0.1) is 0 Å². The van der Waals surface area contributed by atoms with Crippen LogP contribution in [0, 0.1) is 5.92 Å². The van der Waals surface area contributed by atoms with Gasteiger partial charge in [0.1, 0.15) is 0 Å². The van der Waals surface area contributed by atoms with Crippen LogP contribution in [-0.2, 0) is 0 Å². The zero-order chi connectivity index (χ0) is 11.4. The highest BCUT2D eigenvalue weighted by atomic mass is 35.5. The van der Waals surface area contributed by atoms with Gasteiger partial charge in [-0.25, -0.2) is 0 Å². The monoisotopic (exact) mass is 233 g/mol. The first-order chi connectivity index (χ1) is 7.31. The third kappa shape index (κ3) is 12.2. The molecular formula is C13H28ClN. The average molecular weight is 234 g/mol. The Morgan fingerprint density at radius 1 is 1.07 bits per heavy atom. The van der Waals surface area contributed by atoms with Gasteiger partial charge in [-0.1, -0.05) is 46.0 Å². The third-order valence-corrected chi connectivity index (χ3v) is 3.02. The van der Waals surface area contributed by atoms with E-state index in [-0.39, 0.29) is 0 Å². The third-order valence-electron chi connectivity index (χ3n) is 2.80. The molecule has 15 heavy (non-hydrogen) atoms. The molecule has 92 valence electrons. The summed E-state index contributed by atoms with van der Waals surface area (Å²) in [4.78, 5) is 0. The van der Waals surface area contributed by atoms with E-state index in [9.17, 15) is 0 Å². The smallest absolute Gasteiger partial charge is 0.0226 e. The van der Waals surface area contributed by atoms with E-state index in [1.165, 1.54) is 45.1 Å². The van der Waals surface area contributed by atoms with Gasteiger partial charge >= 0.3 is 0 Å². The molecule has 0 spiro atoms. The zero-order valence-electron chi connectivity index (χ0n) is 10.5. The highest BCUT2D eigenvalue weighted by Gasteiger charge is 1.99. The normalized spacial score (nSPS) is 13.0. The number of hydrogen-bond acceptors (Lipinski definition) is 1. The Morgan fingerprint density at radius 2 is 1.73 bits per heavy atom. The summed E-state index contributed by atoms with van der Waals surface area (Å²) in [6.45, 7) is 6.83. The van der Waals surface area contributed by atoms with Gasteiger partial charge in [-0.15, -0.1) is 11.6 Å². The molecule has 1 nitrogen and oxygen atoms in total. The number of nitrogens with one attached hydrogen (secondary N) is 1. The first kappa shape index (κ1) is 15.2. The minimum Gasteiger partial charge on any atom is -0.316 e. The minimum atomic E-state index is 0.725. The van der Waals surface area contributed by atoms with Gasteiger partial charge in [0.15, 0.2) is 0 Å². The highest BCUT2D eigenvalue weighted by Crippen LogP contribution is 2.04. The predicted molar refractivity (Wildman–Crippen MR) is 70.7 cm³/mol. The molecule has 0 aromatic rings. The Bertz CT molecular complexity index is 117. The highest BCUT2D eigenvalue weighted by molar-refractivity contribution is 6.17. The van der Waals surface area contributed by atoms with Gasteiger partial charge in [0.25, 0.3) is 0 Å². The van der Waals surface area contributed by atoms with Crippen LogP contribution in [0.3, 0.4) is 0 Å². The molecule has 0 bridgehead atoms. The van der Waals surface area contributed by atoms with Gasteiger partial charge in [-0.3, -0.25) is 0 Å². The van der Waals surface area contributed by atoms with Crippen LogP contribution in [0.15, 0.2) is 0 Å². The lowest BCUT2D eigenvalue weighted by atomic mass is 10.1. The minimum absolute atomic E-state index is 0.725. The van der Waals surface area contributed by atoms with Gasteiger partial charge in [0.2, 0.25) is 0 Å². The van der Waals surface area contributed by atoms with E-state index in [1.807, 2.05) is 0 Å². The molecule has 2 heteroatoms. The maximum absolute atomic E-state index is 5.68. The summed E-state index contributed by atoms with van der Waals surface area (Å²) in [5.41, 5.74) is 0. The summed E-state index contributed by atoms with van der Waals surface area (Å²) < 4.78 is 0. The summed E-state index contributed by atoms with van der Waals surface area (Å²) in [5.74, 6) is 1.52. The summed E-state index contributed by atoms with van der Waals surface area (Å²) in [5, 5.41) is 3.50. The molecule has 0 fully saturated rings. The van der Waals surface area contributed by atoms with Crippen LogP contribution < -0.4 is 5.32 Å². The summed E-state index contributed by atoms with van der Waals surface area (Å²) in [6, 6.07) is 0. The van der Waals surface area contributed by atoms with Crippen LogP contribution in [0.4, 0.5) is 0 Å². The second-order valence-corrected chi connectivity index (χ2v) is 4.93. The van der Waals surface area contributed by atoms with Crippen LogP contribution in [0.25, 0.3) is 0 Å². The summed E-state index contributed by atoms with van der Waals surface area (Å²) in [7, 11) is 0. The maximum Gasteiger partial charge on any atom is 0.0226 e.